The zero-order valence-corrected chi connectivity index (χ0v) is 14.1. The summed E-state index contributed by atoms with van der Waals surface area (Å²) in [7, 11) is 1.31. The van der Waals surface area contributed by atoms with Crippen LogP contribution >= 0.6 is 0 Å². The van der Waals surface area contributed by atoms with Crippen molar-refractivity contribution >= 4 is 17.7 Å². The standard InChI is InChI=1S/C19H21N3O3/c1-25-19(24)16-6-7-17(21-12-16)22-18(23)15-4-2-13(3-5-15)10-14-8-9-20-11-14/h2-7,12,14,20H,8-11H2,1H3,(H,21,22,23). The predicted octanol–water partition coefficient (Wildman–Crippen LogP) is 2.27. The van der Waals surface area contributed by atoms with Gasteiger partial charge in [-0.05, 0) is 61.7 Å². The van der Waals surface area contributed by atoms with Gasteiger partial charge < -0.3 is 15.4 Å². The third-order valence-corrected chi connectivity index (χ3v) is 4.33. The Kier molecular flexibility index (Phi) is 5.40. The SMILES string of the molecule is COC(=O)c1ccc(NC(=O)c2ccc(CC3CCNC3)cc2)nc1. The van der Waals surface area contributed by atoms with Crippen LogP contribution in [0.4, 0.5) is 5.82 Å². The number of amides is 1. The number of methoxy groups -OCH3 is 1. The molecule has 1 aliphatic heterocycles. The summed E-state index contributed by atoms with van der Waals surface area (Å²) >= 11 is 0. The van der Waals surface area contributed by atoms with Crippen LogP contribution in [0.25, 0.3) is 0 Å². The molecule has 0 saturated carbocycles. The number of carbonyl (C=O) groups excluding carboxylic acids is 2. The van der Waals surface area contributed by atoms with Crippen LogP contribution in [0, 0.1) is 5.92 Å². The Morgan fingerprint density at radius 1 is 1.20 bits per heavy atom. The molecule has 1 aromatic heterocycles. The van der Waals surface area contributed by atoms with Gasteiger partial charge in [-0.1, -0.05) is 12.1 Å². The first kappa shape index (κ1) is 17.1. The van der Waals surface area contributed by atoms with Crippen LogP contribution in [0.2, 0.25) is 0 Å². The maximum absolute atomic E-state index is 12.3. The van der Waals surface area contributed by atoms with Crippen molar-refractivity contribution in [3.8, 4) is 0 Å². The van der Waals surface area contributed by atoms with E-state index in [-0.39, 0.29) is 5.91 Å². The zero-order chi connectivity index (χ0) is 17.6. The molecule has 0 spiro atoms. The van der Waals surface area contributed by atoms with Gasteiger partial charge in [-0.15, -0.1) is 0 Å². The van der Waals surface area contributed by atoms with E-state index in [0.717, 1.165) is 19.5 Å². The second kappa shape index (κ2) is 7.90. The summed E-state index contributed by atoms with van der Waals surface area (Å²) in [4.78, 5) is 27.7. The molecule has 1 aliphatic rings. The summed E-state index contributed by atoms with van der Waals surface area (Å²) in [5, 5.41) is 6.09. The van der Waals surface area contributed by atoms with Crippen molar-refractivity contribution in [2.24, 2.45) is 5.92 Å². The Bertz CT molecular complexity index is 736. The van der Waals surface area contributed by atoms with Gasteiger partial charge in [0.1, 0.15) is 5.82 Å². The number of nitrogens with zero attached hydrogens (tertiary/aromatic N) is 1. The number of ether oxygens (including phenoxy) is 1. The number of rotatable bonds is 5. The van der Waals surface area contributed by atoms with Gasteiger partial charge in [0.25, 0.3) is 5.91 Å². The first-order valence-electron chi connectivity index (χ1n) is 8.31. The van der Waals surface area contributed by atoms with Crippen LogP contribution in [0.5, 0.6) is 0 Å². The average Bonchev–Trinajstić information content (AvgIpc) is 3.15. The second-order valence-corrected chi connectivity index (χ2v) is 6.14. The number of aromatic nitrogens is 1. The number of anilines is 1. The average molecular weight is 339 g/mol. The summed E-state index contributed by atoms with van der Waals surface area (Å²) in [5.41, 5.74) is 2.16. The molecule has 6 heteroatoms. The highest BCUT2D eigenvalue weighted by Gasteiger charge is 2.15. The van der Waals surface area contributed by atoms with Crippen molar-refractivity contribution in [2.75, 3.05) is 25.5 Å². The molecule has 1 atom stereocenters. The second-order valence-electron chi connectivity index (χ2n) is 6.14. The Morgan fingerprint density at radius 3 is 2.56 bits per heavy atom. The Morgan fingerprint density at radius 2 is 1.96 bits per heavy atom. The maximum Gasteiger partial charge on any atom is 0.339 e. The van der Waals surface area contributed by atoms with E-state index in [1.807, 2.05) is 24.3 Å². The number of esters is 1. The third kappa shape index (κ3) is 4.42. The fourth-order valence-corrected chi connectivity index (χ4v) is 2.91. The predicted molar refractivity (Wildman–Crippen MR) is 94.7 cm³/mol. The van der Waals surface area contributed by atoms with Crippen LogP contribution in [0.1, 0.15) is 32.7 Å². The van der Waals surface area contributed by atoms with Gasteiger partial charge in [-0.25, -0.2) is 9.78 Å². The summed E-state index contributed by atoms with van der Waals surface area (Å²) in [6.45, 7) is 2.16. The fraction of sp³-hybridized carbons (Fsp3) is 0.316. The zero-order valence-electron chi connectivity index (χ0n) is 14.1. The molecular formula is C19H21N3O3. The van der Waals surface area contributed by atoms with E-state index in [1.165, 1.54) is 25.3 Å². The van der Waals surface area contributed by atoms with E-state index in [9.17, 15) is 9.59 Å². The summed E-state index contributed by atoms with van der Waals surface area (Å²) in [6, 6.07) is 10.8. The van der Waals surface area contributed by atoms with Gasteiger partial charge in [0.15, 0.2) is 0 Å². The topological polar surface area (TPSA) is 80.3 Å². The van der Waals surface area contributed by atoms with Crippen molar-refractivity contribution in [3.63, 3.8) is 0 Å². The largest absolute Gasteiger partial charge is 0.465 e. The molecule has 130 valence electrons. The molecule has 1 saturated heterocycles. The number of hydrogen-bond acceptors (Lipinski definition) is 5. The maximum atomic E-state index is 12.3. The smallest absolute Gasteiger partial charge is 0.339 e. The minimum atomic E-state index is -0.460. The quantitative estimate of drug-likeness (QED) is 0.817. The van der Waals surface area contributed by atoms with Crippen LogP contribution in [0.3, 0.4) is 0 Å². The lowest BCUT2D eigenvalue weighted by Gasteiger charge is -2.09. The fourth-order valence-electron chi connectivity index (χ4n) is 2.91. The number of carbonyl (C=O) groups is 2. The number of pyridine rings is 1. The molecule has 1 fully saturated rings. The highest BCUT2D eigenvalue weighted by Crippen LogP contribution is 2.16. The Labute approximate surface area is 146 Å². The van der Waals surface area contributed by atoms with Crippen molar-refractivity contribution in [3.05, 3.63) is 59.3 Å². The van der Waals surface area contributed by atoms with E-state index >= 15 is 0 Å². The Hall–Kier alpha value is -2.73. The molecular weight excluding hydrogens is 318 g/mol. The molecule has 0 aliphatic carbocycles. The van der Waals surface area contributed by atoms with Gasteiger partial charge in [0.05, 0.1) is 12.7 Å². The van der Waals surface area contributed by atoms with E-state index in [1.54, 1.807) is 12.1 Å². The highest BCUT2D eigenvalue weighted by molar-refractivity contribution is 6.03. The molecule has 2 aromatic rings. The molecule has 0 radical (unpaired) electrons. The van der Waals surface area contributed by atoms with Gasteiger partial charge >= 0.3 is 5.97 Å². The van der Waals surface area contributed by atoms with Crippen LogP contribution in [0.15, 0.2) is 42.6 Å². The Balaban J connectivity index is 1.59. The van der Waals surface area contributed by atoms with Gasteiger partial charge in [-0.3, -0.25) is 4.79 Å². The highest BCUT2D eigenvalue weighted by atomic mass is 16.5. The molecule has 2 N–H and O–H groups in total. The summed E-state index contributed by atoms with van der Waals surface area (Å²) in [5.74, 6) is 0.377. The number of nitrogens with one attached hydrogen (secondary N) is 2. The number of hydrogen-bond donors (Lipinski definition) is 2. The van der Waals surface area contributed by atoms with E-state index in [2.05, 4.69) is 20.4 Å². The van der Waals surface area contributed by atoms with Crippen molar-refractivity contribution in [1.29, 1.82) is 0 Å². The third-order valence-electron chi connectivity index (χ3n) is 4.33. The van der Waals surface area contributed by atoms with Crippen molar-refractivity contribution in [1.82, 2.24) is 10.3 Å². The van der Waals surface area contributed by atoms with Crippen LogP contribution in [-0.2, 0) is 11.2 Å². The molecule has 3 rings (SSSR count). The summed E-state index contributed by atoms with van der Waals surface area (Å²) < 4.78 is 4.61. The van der Waals surface area contributed by atoms with E-state index < -0.39 is 5.97 Å². The molecule has 1 aromatic carbocycles. The van der Waals surface area contributed by atoms with Crippen molar-refractivity contribution < 1.29 is 14.3 Å². The first-order chi connectivity index (χ1) is 12.2. The van der Waals surface area contributed by atoms with Gasteiger partial charge in [-0.2, -0.15) is 0 Å². The lowest BCUT2D eigenvalue weighted by molar-refractivity contribution is 0.0600. The monoisotopic (exact) mass is 339 g/mol. The number of benzene rings is 1. The summed E-state index contributed by atoms with van der Waals surface area (Å²) in [6.07, 6.45) is 3.61. The molecule has 2 heterocycles. The van der Waals surface area contributed by atoms with Crippen molar-refractivity contribution in [2.45, 2.75) is 12.8 Å². The van der Waals surface area contributed by atoms with Gasteiger partial charge in [0.2, 0.25) is 0 Å². The van der Waals surface area contributed by atoms with E-state index in [0.29, 0.717) is 22.9 Å². The minimum Gasteiger partial charge on any atom is -0.465 e. The van der Waals surface area contributed by atoms with Crippen LogP contribution < -0.4 is 10.6 Å². The normalized spacial score (nSPS) is 16.4. The van der Waals surface area contributed by atoms with E-state index in [4.69, 9.17) is 0 Å². The molecule has 6 nitrogen and oxygen atoms in total. The lowest BCUT2D eigenvalue weighted by atomic mass is 9.98. The first-order valence-corrected chi connectivity index (χ1v) is 8.31. The molecule has 0 bridgehead atoms. The molecule has 25 heavy (non-hydrogen) atoms. The van der Waals surface area contributed by atoms with Crippen LogP contribution in [-0.4, -0.2) is 37.1 Å². The molecule has 1 amide bonds. The van der Waals surface area contributed by atoms with Gasteiger partial charge in [0, 0.05) is 11.8 Å². The lowest BCUT2D eigenvalue weighted by Crippen LogP contribution is -2.14. The minimum absolute atomic E-state index is 0.229. The molecule has 1 unspecified atom stereocenters.